The van der Waals surface area contributed by atoms with Crippen molar-refractivity contribution in [3.63, 3.8) is 0 Å². The highest BCUT2D eigenvalue weighted by atomic mass is 32.1. The van der Waals surface area contributed by atoms with Gasteiger partial charge in [0.25, 0.3) is 0 Å². The molecule has 130 valence electrons. The minimum atomic E-state index is 0.0769. The molecule has 0 fully saturated rings. The molecule has 25 heavy (non-hydrogen) atoms. The fourth-order valence-corrected chi connectivity index (χ4v) is 3.26. The fourth-order valence-electron chi connectivity index (χ4n) is 2.30. The third-order valence-electron chi connectivity index (χ3n) is 3.82. The summed E-state index contributed by atoms with van der Waals surface area (Å²) in [6.07, 6.45) is 4.38. The Morgan fingerprint density at radius 3 is 2.48 bits per heavy atom. The average molecular weight is 353 g/mol. The van der Waals surface area contributed by atoms with Crippen LogP contribution in [0.25, 0.3) is 11.4 Å². The van der Waals surface area contributed by atoms with Gasteiger partial charge in [0, 0.05) is 40.5 Å². The van der Waals surface area contributed by atoms with Crippen LogP contribution < -0.4 is 5.32 Å². The van der Waals surface area contributed by atoms with Crippen LogP contribution in [-0.4, -0.2) is 19.9 Å². The minimum absolute atomic E-state index is 0.0769. The van der Waals surface area contributed by atoms with Gasteiger partial charge in [-0.25, -0.2) is 15.0 Å². The first-order valence-corrected chi connectivity index (χ1v) is 9.31. The molecule has 0 spiro atoms. The summed E-state index contributed by atoms with van der Waals surface area (Å²) in [6.45, 7) is 9.30. The lowest BCUT2D eigenvalue weighted by atomic mass is 9.93. The maximum absolute atomic E-state index is 4.72. The predicted octanol–water partition coefficient (Wildman–Crippen LogP) is 4.47. The molecule has 0 saturated carbocycles. The van der Waals surface area contributed by atoms with Crippen LogP contribution in [0.3, 0.4) is 0 Å². The number of thiazole rings is 1. The van der Waals surface area contributed by atoms with Gasteiger partial charge in [-0.05, 0) is 18.6 Å². The summed E-state index contributed by atoms with van der Waals surface area (Å²) in [4.78, 5) is 18.1. The Morgan fingerprint density at radius 1 is 1.08 bits per heavy atom. The van der Waals surface area contributed by atoms with Crippen LogP contribution in [0.2, 0.25) is 0 Å². The number of pyridine rings is 1. The van der Waals surface area contributed by atoms with Crippen molar-refractivity contribution in [3.05, 3.63) is 52.4 Å². The van der Waals surface area contributed by atoms with Crippen molar-refractivity contribution in [2.75, 3.05) is 5.32 Å². The second-order valence-electron chi connectivity index (χ2n) is 6.89. The van der Waals surface area contributed by atoms with Gasteiger partial charge in [-0.2, -0.15) is 0 Å². The zero-order valence-electron chi connectivity index (χ0n) is 15.1. The van der Waals surface area contributed by atoms with E-state index < -0.39 is 0 Å². The first-order chi connectivity index (χ1) is 12.0. The van der Waals surface area contributed by atoms with Crippen molar-refractivity contribution in [3.8, 4) is 11.4 Å². The van der Waals surface area contributed by atoms with E-state index in [1.807, 2.05) is 18.2 Å². The van der Waals surface area contributed by atoms with E-state index in [4.69, 9.17) is 4.98 Å². The number of anilines is 1. The van der Waals surface area contributed by atoms with Crippen LogP contribution in [0.5, 0.6) is 0 Å². The third-order valence-corrected chi connectivity index (χ3v) is 4.67. The van der Waals surface area contributed by atoms with E-state index >= 15 is 0 Å². The van der Waals surface area contributed by atoms with Crippen LogP contribution in [0.1, 0.15) is 44.1 Å². The largest absolute Gasteiger partial charge is 0.363 e. The summed E-state index contributed by atoms with van der Waals surface area (Å²) in [5.74, 6) is 1.55. The molecule has 3 rings (SSSR count). The lowest BCUT2D eigenvalue weighted by Crippen LogP contribution is -2.12. The fraction of sp³-hybridized carbons (Fsp3) is 0.368. The number of hydrogen-bond acceptors (Lipinski definition) is 6. The van der Waals surface area contributed by atoms with Crippen LogP contribution >= 0.6 is 11.3 Å². The summed E-state index contributed by atoms with van der Waals surface area (Å²) in [6, 6.07) is 5.85. The Kier molecular flexibility index (Phi) is 5.08. The molecular weight excluding hydrogens is 330 g/mol. The van der Waals surface area contributed by atoms with Crippen LogP contribution in [-0.2, 0) is 18.4 Å². The predicted molar refractivity (Wildman–Crippen MR) is 103 cm³/mol. The van der Waals surface area contributed by atoms with Crippen LogP contribution in [0.15, 0.2) is 36.0 Å². The van der Waals surface area contributed by atoms with E-state index in [0.717, 1.165) is 40.0 Å². The first-order valence-electron chi connectivity index (χ1n) is 8.43. The van der Waals surface area contributed by atoms with Crippen molar-refractivity contribution in [2.45, 2.75) is 46.1 Å². The molecule has 0 bridgehead atoms. The van der Waals surface area contributed by atoms with E-state index in [1.54, 1.807) is 23.7 Å². The number of hydrogen-bond donors (Lipinski definition) is 1. The molecule has 0 unspecified atom stereocenters. The number of nitrogens with one attached hydrogen (secondary N) is 1. The normalized spacial score (nSPS) is 11.5. The smallest absolute Gasteiger partial charge is 0.161 e. The van der Waals surface area contributed by atoms with Crippen molar-refractivity contribution in [1.82, 2.24) is 19.9 Å². The molecule has 0 saturated heterocycles. The number of aryl methyl sites for hydroxylation is 1. The molecule has 5 nitrogen and oxygen atoms in total. The van der Waals surface area contributed by atoms with E-state index in [2.05, 4.69) is 53.3 Å². The molecule has 3 heterocycles. The highest BCUT2D eigenvalue weighted by Crippen LogP contribution is 2.24. The molecule has 3 aromatic rings. The van der Waals surface area contributed by atoms with Gasteiger partial charge >= 0.3 is 0 Å². The third kappa shape index (κ3) is 4.39. The monoisotopic (exact) mass is 353 g/mol. The topological polar surface area (TPSA) is 63.6 Å². The molecule has 6 heteroatoms. The Bertz CT molecular complexity index is 837. The molecule has 0 amide bonds. The number of nitrogens with zero attached hydrogens (tertiary/aromatic N) is 4. The van der Waals surface area contributed by atoms with E-state index in [-0.39, 0.29) is 5.41 Å². The Balaban J connectivity index is 1.79. The zero-order chi connectivity index (χ0) is 17.9. The highest BCUT2D eigenvalue weighted by molar-refractivity contribution is 7.09. The minimum Gasteiger partial charge on any atom is -0.363 e. The van der Waals surface area contributed by atoms with Gasteiger partial charge < -0.3 is 5.32 Å². The summed E-state index contributed by atoms with van der Waals surface area (Å²) >= 11 is 1.68. The second-order valence-corrected chi connectivity index (χ2v) is 7.83. The molecule has 0 aliphatic carbocycles. The SMILES string of the molecule is CCc1cc(NCc2nc(C(C)(C)C)cs2)nc(-c2ccncc2)n1. The van der Waals surface area contributed by atoms with Crippen molar-refractivity contribution < 1.29 is 0 Å². The number of rotatable bonds is 5. The average Bonchev–Trinajstić information content (AvgIpc) is 3.10. The van der Waals surface area contributed by atoms with Crippen molar-refractivity contribution >= 4 is 17.2 Å². The van der Waals surface area contributed by atoms with Gasteiger partial charge in [0.2, 0.25) is 0 Å². The van der Waals surface area contributed by atoms with Gasteiger partial charge in [0.1, 0.15) is 10.8 Å². The molecule has 0 aromatic carbocycles. The lowest BCUT2D eigenvalue weighted by molar-refractivity contribution is 0.571. The Hall–Kier alpha value is -2.34. The summed E-state index contributed by atoms with van der Waals surface area (Å²) in [5, 5.41) is 6.59. The molecule has 1 N–H and O–H groups in total. The summed E-state index contributed by atoms with van der Waals surface area (Å²) < 4.78 is 0. The van der Waals surface area contributed by atoms with Crippen LogP contribution in [0.4, 0.5) is 5.82 Å². The number of aromatic nitrogens is 4. The van der Waals surface area contributed by atoms with Gasteiger partial charge in [0.05, 0.1) is 12.2 Å². The molecule has 0 aliphatic heterocycles. The van der Waals surface area contributed by atoms with Gasteiger partial charge in [-0.3, -0.25) is 4.98 Å². The zero-order valence-corrected chi connectivity index (χ0v) is 15.9. The lowest BCUT2D eigenvalue weighted by Gasteiger charge is -2.14. The Morgan fingerprint density at radius 2 is 1.84 bits per heavy atom. The van der Waals surface area contributed by atoms with Gasteiger partial charge in [-0.15, -0.1) is 11.3 Å². The molecule has 3 aromatic heterocycles. The van der Waals surface area contributed by atoms with E-state index in [1.165, 1.54) is 0 Å². The summed E-state index contributed by atoms with van der Waals surface area (Å²) in [5.41, 5.74) is 3.19. The molecule has 0 aliphatic rings. The molecule has 0 atom stereocenters. The van der Waals surface area contributed by atoms with E-state index in [0.29, 0.717) is 6.54 Å². The maximum atomic E-state index is 4.72. The van der Waals surface area contributed by atoms with Gasteiger partial charge in [-0.1, -0.05) is 27.7 Å². The standard InChI is InChI=1S/C19H23N5S/c1-5-14-10-16(24-18(22-14)13-6-8-20-9-7-13)21-11-17-23-15(12-25-17)19(2,3)4/h6-10,12H,5,11H2,1-4H3,(H,21,22,24). The Labute approximate surface area is 152 Å². The molecular formula is C19H23N5S. The first kappa shape index (κ1) is 17.5. The van der Waals surface area contributed by atoms with Crippen LogP contribution in [0, 0.1) is 0 Å². The van der Waals surface area contributed by atoms with Crippen molar-refractivity contribution in [1.29, 1.82) is 0 Å². The maximum Gasteiger partial charge on any atom is 0.161 e. The van der Waals surface area contributed by atoms with Gasteiger partial charge in [0.15, 0.2) is 5.82 Å². The summed E-state index contributed by atoms with van der Waals surface area (Å²) in [7, 11) is 0. The van der Waals surface area contributed by atoms with Crippen molar-refractivity contribution in [2.24, 2.45) is 0 Å². The van der Waals surface area contributed by atoms with E-state index in [9.17, 15) is 0 Å². The highest BCUT2D eigenvalue weighted by Gasteiger charge is 2.17. The molecule has 0 radical (unpaired) electrons. The quantitative estimate of drug-likeness (QED) is 0.733. The second kappa shape index (κ2) is 7.27.